The first kappa shape index (κ1) is 12.0. The van der Waals surface area contributed by atoms with E-state index in [4.69, 9.17) is 9.47 Å². The van der Waals surface area contributed by atoms with Crippen molar-refractivity contribution in [1.82, 2.24) is 14.4 Å². The first-order valence-corrected chi connectivity index (χ1v) is 6.62. The molecule has 19 heavy (non-hydrogen) atoms. The van der Waals surface area contributed by atoms with Crippen molar-refractivity contribution in [3.63, 3.8) is 0 Å². The van der Waals surface area contributed by atoms with Gasteiger partial charge in [-0.1, -0.05) is 0 Å². The summed E-state index contributed by atoms with van der Waals surface area (Å²) in [6.45, 7) is 2.05. The van der Waals surface area contributed by atoms with E-state index in [0.29, 0.717) is 11.5 Å². The molecule has 0 fully saturated rings. The molecule has 0 saturated carbocycles. The molecule has 0 amide bonds. The van der Waals surface area contributed by atoms with Crippen LogP contribution in [0.1, 0.15) is 5.56 Å². The summed E-state index contributed by atoms with van der Waals surface area (Å²) >= 11 is 1.57. The Labute approximate surface area is 114 Å². The fraction of sp³-hybridized carbons (Fsp3) is 0.231. The molecule has 5 nitrogen and oxygen atoms in total. The van der Waals surface area contributed by atoms with Gasteiger partial charge < -0.3 is 13.9 Å². The van der Waals surface area contributed by atoms with Crippen molar-refractivity contribution in [2.75, 3.05) is 14.2 Å². The number of nitrogens with zero attached hydrogens (tertiary/aromatic N) is 3. The van der Waals surface area contributed by atoms with E-state index in [0.717, 1.165) is 21.9 Å². The van der Waals surface area contributed by atoms with Crippen LogP contribution in [-0.2, 0) is 0 Å². The number of fused-ring (bicyclic) bond motifs is 1. The van der Waals surface area contributed by atoms with Crippen LogP contribution in [0.2, 0.25) is 0 Å². The van der Waals surface area contributed by atoms with Gasteiger partial charge in [-0.15, -0.1) is 11.3 Å². The molecule has 3 heterocycles. The number of aromatic nitrogens is 3. The van der Waals surface area contributed by atoms with Crippen LogP contribution in [0.4, 0.5) is 0 Å². The van der Waals surface area contributed by atoms with Crippen molar-refractivity contribution >= 4 is 17.0 Å². The zero-order valence-corrected chi connectivity index (χ0v) is 11.7. The summed E-state index contributed by atoms with van der Waals surface area (Å²) < 4.78 is 12.5. The highest BCUT2D eigenvalue weighted by molar-refractivity contribution is 7.12. The van der Waals surface area contributed by atoms with Gasteiger partial charge in [0.2, 0.25) is 5.65 Å². The van der Waals surface area contributed by atoms with Crippen molar-refractivity contribution in [1.29, 1.82) is 0 Å². The summed E-state index contributed by atoms with van der Waals surface area (Å²) in [5.74, 6) is 0.514. The Kier molecular flexibility index (Phi) is 2.87. The second kappa shape index (κ2) is 4.55. The lowest BCUT2D eigenvalue weighted by molar-refractivity contribution is 0.400. The average molecular weight is 275 g/mol. The second-order valence-corrected chi connectivity index (χ2v) is 4.92. The smallest absolute Gasteiger partial charge is 0.258 e. The molecular weight excluding hydrogens is 262 g/mol. The molecule has 0 aliphatic carbocycles. The molecule has 0 aromatic carbocycles. The number of thiophene rings is 1. The standard InChI is InChI=1S/C13H13N3O2S/c1-8-7-19-13(18-3)10(8)9-6-16-5-4-14-12(17-2)11(16)15-9/h4-7H,1-3H3. The quantitative estimate of drug-likeness (QED) is 0.737. The van der Waals surface area contributed by atoms with Gasteiger partial charge in [0.15, 0.2) is 5.06 Å². The van der Waals surface area contributed by atoms with E-state index in [9.17, 15) is 0 Å². The average Bonchev–Trinajstić information content (AvgIpc) is 3.00. The lowest BCUT2D eigenvalue weighted by Crippen LogP contribution is -1.92. The largest absolute Gasteiger partial charge is 0.487 e. The Hall–Kier alpha value is -2.08. The van der Waals surface area contributed by atoms with Crippen LogP contribution in [0.5, 0.6) is 10.9 Å². The Bertz CT molecular complexity index is 733. The molecule has 3 rings (SSSR count). The topological polar surface area (TPSA) is 48.7 Å². The number of imidazole rings is 1. The third-order valence-electron chi connectivity index (χ3n) is 2.92. The molecule has 0 atom stereocenters. The van der Waals surface area contributed by atoms with E-state index in [1.165, 1.54) is 0 Å². The maximum Gasteiger partial charge on any atom is 0.258 e. The van der Waals surface area contributed by atoms with Crippen molar-refractivity contribution in [2.24, 2.45) is 0 Å². The highest BCUT2D eigenvalue weighted by Gasteiger charge is 2.16. The van der Waals surface area contributed by atoms with Gasteiger partial charge >= 0.3 is 0 Å². The number of rotatable bonds is 3. The van der Waals surface area contributed by atoms with Crippen LogP contribution in [-0.4, -0.2) is 28.6 Å². The summed E-state index contributed by atoms with van der Waals surface area (Å²) in [4.78, 5) is 8.75. The zero-order chi connectivity index (χ0) is 13.4. The van der Waals surface area contributed by atoms with Gasteiger partial charge in [-0.2, -0.15) is 0 Å². The molecule has 3 aromatic heterocycles. The normalized spacial score (nSPS) is 10.9. The lowest BCUT2D eigenvalue weighted by Gasteiger charge is -2.00. The minimum Gasteiger partial charge on any atom is -0.487 e. The monoisotopic (exact) mass is 275 g/mol. The maximum absolute atomic E-state index is 5.40. The molecule has 0 N–H and O–H groups in total. The molecule has 0 unspecified atom stereocenters. The first-order valence-electron chi connectivity index (χ1n) is 5.74. The molecule has 0 radical (unpaired) electrons. The van der Waals surface area contributed by atoms with E-state index in [1.807, 2.05) is 23.7 Å². The Morgan fingerprint density at radius 3 is 2.84 bits per heavy atom. The summed E-state index contributed by atoms with van der Waals surface area (Å²) in [5.41, 5.74) is 3.74. The van der Waals surface area contributed by atoms with Gasteiger partial charge in [-0.05, 0) is 17.9 Å². The lowest BCUT2D eigenvalue weighted by atomic mass is 10.1. The predicted molar refractivity (Wildman–Crippen MR) is 74.1 cm³/mol. The van der Waals surface area contributed by atoms with E-state index in [2.05, 4.69) is 15.3 Å². The number of hydrogen-bond donors (Lipinski definition) is 0. The van der Waals surface area contributed by atoms with Gasteiger partial charge in [0.05, 0.1) is 25.5 Å². The molecule has 0 spiro atoms. The first-order chi connectivity index (χ1) is 9.24. The molecule has 0 saturated heterocycles. The maximum atomic E-state index is 5.40. The van der Waals surface area contributed by atoms with Gasteiger partial charge in [0.1, 0.15) is 0 Å². The predicted octanol–water partition coefficient (Wildman–Crippen LogP) is 2.78. The molecule has 0 aliphatic rings. The summed E-state index contributed by atoms with van der Waals surface area (Å²) in [6, 6.07) is 0. The Morgan fingerprint density at radius 1 is 1.26 bits per heavy atom. The van der Waals surface area contributed by atoms with Crippen LogP contribution in [0.15, 0.2) is 24.0 Å². The minimum absolute atomic E-state index is 0.514. The van der Waals surface area contributed by atoms with Crippen LogP contribution >= 0.6 is 11.3 Å². The molecule has 6 heteroatoms. The van der Waals surface area contributed by atoms with E-state index in [1.54, 1.807) is 31.8 Å². The van der Waals surface area contributed by atoms with Crippen molar-refractivity contribution < 1.29 is 9.47 Å². The van der Waals surface area contributed by atoms with Crippen molar-refractivity contribution in [3.8, 4) is 22.2 Å². The highest BCUT2D eigenvalue weighted by atomic mass is 32.1. The fourth-order valence-electron chi connectivity index (χ4n) is 2.04. The minimum atomic E-state index is 0.514. The van der Waals surface area contributed by atoms with Gasteiger partial charge in [0.25, 0.3) is 5.88 Å². The number of methoxy groups -OCH3 is 2. The number of aryl methyl sites for hydroxylation is 1. The summed E-state index contributed by atoms with van der Waals surface area (Å²) in [6.07, 6.45) is 5.49. The third-order valence-corrected chi connectivity index (χ3v) is 3.97. The SMILES string of the molecule is COc1scc(C)c1-c1cn2ccnc(OC)c2n1. The second-order valence-electron chi connectivity index (χ2n) is 4.08. The molecule has 3 aromatic rings. The van der Waals surface area contributed by atoms with Gasteiger partial charge in [0, 0.05) is 18.6 Å². The van der Waals surface area contributed by atoms with Crippen LogP contribution in [0, 0.1) is 6.92 Å². The van der Waals surface area contributed by atoms with Crippen molar-refractivity contribution in [3.05, 3.63) is 29.5 Å². The van der Waals surface area contributed by atoms with Gasteiger partial charge in [-0.3, -0.25) is 0 Å². The van der Waals surface area contributed by atoms with Crippen LogP contribution < -0.4 is 9.47 Å². The van der Waals surface area contributed by atoms with Crippen LogP contribution in [0.3, 0.4) is 0 Å². The summed E-state index contributed by atoms with van der Waals surface area (Å²) in [7, 11) is 3.26. The van der Waals surface area contributed by atoms with E-state index < -0.39 is 0 Å². The van der Waals surface area contributed by atoms with Crippen molar-refractivity contribution in [2.45, 2.75) is 6.92 Å². The van der Waals surface area contributed by atoms with Gasteiger partial charge in [-0.25, -0.2) is 9.97 Å². The fourth-order valence-corrected chi connectivity index (χ4v) is 2.92. The Balaban J connectivity index is 2.23. The summed E-state index contributed by atoms with van der Waals surface area (Å²) in [5, 5.41) is 2.93. The number of hydrogen-bond acceptors (Lipinski definition) is 5. The number of ether oxygens (including phenoxy) is 2. The van der Waals surface area contributed by atoms with E-state index in [-0.39, 0.29) is 0 Å². The molecule has 0 aliphatic heterocycles. The van der Waals surface area contributed by atoms with E-state index >= 15 is 0 Å². The molecule has 98 valence electrons. The van der Waals surface area contributed by atoms with Crippen LogP contribution in [0.25, 0.3) is 16.9 Å². The highest BCUT2D eigenvalue weighted by Crippen LogP contribution is 2.38. The zero-order valence-electron chi connectivity index (χ0n) is 10.9. The Morgan fingerprint density at radius 2 is 2.11 bits per heavy atom. The molecular formula is C13H13N3O2S. The third kappa shape index (κ3) is 1.84. The molecule has 0 bridgehead atoms.